The number of nitrogens with zero attached hydrogens (tertiary/aromatic N) is 2. The van der Waals surface area contributed by atoms with Crippen molar-refractivity contribution in [3.05, 3.63) is 125 Å². The molecule has 2 N–H and O–H groups in total. The lowest BCUT2D eigenvalue weighted by Crippen LogP contribution is -2.31. The van der Waals surface area contributed by atoms with Gasteiger partial charge in [-0.05, 0) is 78.4 Å². The number of halogens is 1. The van der Waals surface area contributed by atoms with E-state index >= 15 is 0 Å². The molecule has 0 radical (unpaired) electrons. The lowest BCUT2D eigenvalue weighted by molar-refractivity contribution is -0.121. The number of carbonyl (C=O) groups excluding carboxylic acids is 4. The number of rotatable bonds is 8. The van der Waals surface area contributed by atoms with E-state index in [2.05, 4.69) is 31.5 Å². The van der Waals surface area contributed by atoms with Gasteiger partial charge in [0, 0.05) is 39.4 Å². The van der Waals surface area contributed by atoms with Gasteiger partial charge in [-0.3, -0.25) is 24.2 Å². The maximum Gasteiger partial charge on any atom is 0.272 e. The molecule has 0 bridgehead atoms. The van der Waals surface area contributed by atoms with Gasteiger partial charge in [0.25, 0.3) is 11.8 Å². The van der Waals surface area contributed by atoms with E-state index in [4.69, 9.17) is 0 Å². The third kappa shape index (κ3) is 6.97. The fourth-order valence-corrected chi connectivity index (χ4v) is 5.43. The lowest BCUT2D eigenvalue weighted by Gasteiger charge is -2.15. The molecule has 5 rings (SSSR count). The van der Waals surface area contributed by atoms with Crippen LogP contribution in [-0.2, 0) is 14.4 Å². The highest BCUT2D eigenvalue weighted by Gasteiger charge is 2.40. The Kier molecular flexibility index (Phi) is 8.71. The summed E-state index contributed by atoms with van der Waals surface area (Å²) >= 11 is 4.66. The first-order valence-corrected chi connectivity index (χ1v) is 14.2. The molecule has 8 nitrogen and oxygen atoms in total. The zero-order valence-corrected chi connectivity index (χ0v) is 23.9. The number of imide groups is 1. The number of carbonyl (C=O) groups is 4. The third-order valence-corrected chi connectivity index (χ3v) is 7.83. The van der Waals surface area contributed by atoms with Gasteiger partial charge in [-0.2, -0.15) is 0 Å². The Bertz CT molecular complexity index is 1610. The molecule has 0 saturated carbocycles. The molecule has 10 heteroatoms. The average Bonchev–Trinajstić information content (AvgIpc) is 3.27. The summed E-state index contributed by atoms with van der Waals surface area (Å²) in [5, 5.41) is 4.95. The quantitative estimate of drug-likeness (QED) is 0.192. The van der Waals surface area contributed by atoms with Crippen molar-refractivity contribution in [1.82, 2.24) is 10.3 Å². The normalized spacial score (nSPS) is 15.1. The Morgan fingerprint density at radius 1 is 0.927 bits per heavy atom. The minimum atomic E-state index is -0.547. The van der Waals surface area contributed by atoms with Gasteiger partial charge in [-0.1, -0.05) is 40.2 Å². The molecule has 1 aliphatic heterocycles. The van der Waals surface area contributed by atoms with Crippen LogP contribution in [0.3, 0.4) is 0 Å². The lowest BCUT2D eigenvalue weighted by atomic mass is 10.2. The number of hydrogen-bond acceptors (Lipinski definition) is 6. The van der Waals surface area contributed by atoms with E-state index in [1.165, 1.54) is 16.7 Å². The van der Waals surface area contributed by atoms with Crippen LogP contribution in [0.5, 0.6) is 0 Å². The fraction of sp³-hybridized carbons (Fsp3) is 0.0645. The average molecular weight is 628 g/mol. The summed E-state index contributed by atoms with van der Waals surface area (Å²) in [6.07, 6.45) is 4.85. The standard InChI is InChI=1S/C31H23BrN4O4S/c32-22-8-12-24(13-9-22)36-28(37)18-27(31(36)40)41-25-14-10-23(11-15-25)34-30(39)26(17-20-5-4-16-33-19-20)35-29(38)21-6-2-1-3-7-21/h1-17,19,27H,18H2,(H,34,39)(H,35,38)/b26-17-. The number of aromatic nitrogens is 1. The molecule has 0 spiro atoms. The van der Waals surface area contributed by atoms with Crippen LogP contribution in [0.1, 0.15) is 22.3 Å². The molecule has 3 aromatic carbocycles. The van der Waals surface area contributed by atoms with Crippen molar-refractivity contribution >= 4 is 68.8 Å². The number of thioether (sulfide) groups is 1. The minimum absolute atomic E-state index is 0.0494. The highest BCUT2D eigenvalue weighted by atomic mass is 79.9. The molecule has 4 amide bonds. The molecular formula is C31H23BrN4O4S. The second-order valence-corrected chi connectivity index (χ2v) is 11.2. The Labute approximate surface area is 249 Å². The molecule has 1 unspecified atom stereocenters. The monoisotopic (exact) mass is 626 g/mol. The summed E-state index contributed by atoms with van der Waals surface area (Å²) in [6, 6.07) is 26.1. The number of benzene rings is 3. The molecule has 1 aromatic heterocycles. The molecule has 204 valence electrons. The van der Waals surface area contributed by atoms with Crippen LogP contribution in [0.25, 0.3) is 6.08 Å². The van der Waals surface area contributed by atoms with Crippen molar-refractivity contribution in [2.45, 2.75) is 16.6 Å². The van der Waals surface area contributed by atoms with Crippen LogP contribution < -0.4 is 15.5 Å². The smallest absolute Gasteiger partial charge is 0.272 e. The van der Waals surface area contributed by atoms with Gasteiger partial charge in [0.05, 0.1) is 10.9 Å². The van der Waals surface area contributed by atoms with Crippen molar-refractivity contribution in [2.75, 3.05) is 10.2 Å². The van der Waals surface area contributed by atoms with Crippen LogP contribution in [0.4, 0.5) is 11.4 Å². The number of nitrogens with one attached hydrogen (secondary N) is 2. The minimum Gasteiger partial charge on any atom is -0.321 e. The van der Waals surface area contributed by atoms with Gasteiger partial charge in [0.2, 0.25) is 11.8 Å². The van der Waals surface area contributed by atoms with Crippen molar-refractivity contribution < 1.29 is 19.2 Å². The number of anilines is 2. The molecule has 0 aliphatic carbocycles. The van der Waals surface area contributed by atoms with Gasteiger partial charge >= 0.3 is 0 Å². The zero-order chi connectivity index (χ0) is 28.8. The summed E-state index contributed by atoms with van der Waals surface area (Å²) in [5.41, 5.74) is 2.14. The summed E-state index contributed by atoms with van der Waals surface area (Å²) in [6.45, 7) is 0. The van der Waals surface area contributed by atoms with Gasteiger partial charge in [-0.15, -0.1) is 11.8 Å². The first-order chi connectivity index (χ1) is 19.9. The predicted molar refractivity (Wildman–Crippen MR) is 162 cm³/mol. The summed E-state index contributed by atoms with van der Waals surface area (Å²) in [4.78, 5) is 57.7. The largest absolute Gasteiger partial charge is 0.321 e. The molecule has 2 heterocycles. The van der Waals surface area contributed by atoms with E-state index in [-0.39, 0.29) is 23.9 Å². The molecule has 1 atom stereocenters. The van der Waals surface area contributed by atoms with Crippen LogP contribution in [0.15, 0.2) is 118 Å². The maximum atomic E-state index is 13.2. The number of hydrogen-bond donors (Lipinski definition) is 2. The van der Waals surface area contributed by atoms with Crippen LogP contribution in [0, 0.1) is 0 Å². The number of amides is 4. The SMILES string of the molecule is O=C(Nc1ccc(SC2CC(=O)N(c3ccc(Br)cc3)C2=O)cc1)/C(=C/c1cccnc1)NC(=O)c1ccccc1. The molecule has 41 heavy (non-hydrogen) atoms. The molecule has 1 fully saturated rings. The molecule has 1 saturated heterocycles. The zero-order valence-electron chi connectivity index (χ0n) is 21.5. The summed E-state index contributed by atoms with van der Waals surface area (Å²) in [5.74, 6) is -1.45. The Hall–Kier alpha value is -4.54. The van der Waals surface area contributed by atoms with E-state index in [0.29, 0.717) is 22.5 Å². The maximum absolute atomic E-state index is 13.2. The van der Waals surface area contributed by atoms with Crippen LogP contribution >= 0.6 is 27.7 Å². The number of pyridine rings is 1. The molecular weight excluding hydrogens is 604 g/mol. The molecule has 4 aromatic rings. The second-order valence-electron chi connectivity index (χ2n) is 9.00. The predicted octanol–water partition coefficient (Wildman–Crippen LogP) is 5.68. The Morgan fingerprint density at radius 3 is 2.34 bits per heavy atom. The topological polar surface area (TPSA) is 108 Å². The van der Waals surface area contributed by atoms with Gasteiger partial charge in [-0.25, -0.2) is 4.90 Å². The van der Waals surface area contributed by atoms with E-state index in [0.717, 1.165) is 9.37 Å². The third-order valence-electron chi connectivity index (χ3n) is 6.10. The van der Waals surface area contributed by atoms with Crippen LogP contribution in [0.2, 0.25) is 0 Å². The fourth-order valence-electron chi connectivity index (χ4n) is 4.11. The first-order valence-electron chi connectivity index (χ1n) is 12.6. The van der Waals surface area contributed by atoms with Gasteiger partial charge in [0.1, 0.15) is 5.70 Å². The highest BCUT2D eigenvalue weighted by molar-refractivity contribution is 9.10. The van der Waals surface area contributed by atoms with E-state index in [9.17, 15) is 19.2 Å². The second kappa shape index (κ2) is 12.8. The molecule has 1 aliphatic rings. The van der Waals surface area contributed by atoms with E-state index < -0.39 is 17.1 Å². The summed E-state index contributed by atoms with van der Waals surface area (Å²) < 4.78 is 0.858. The van der Waals surface area contributed by atoms with Crippen molar-refractivity contribution in [2.24, 2.45) is 0 Å². The first kappa shape index (κ1) is 28.0. The van der Waals surface area contributed by atoms with Crippen molar-refractivity contribution in [3.63, 3.8) is 0 Å². The van der Waals surface area contributed by atoms with Crippen molar-refractivity contribution in [1.29, 1.82) is 0 Å². The van der Waals surface area contributed by atoms with Crippen molar-refractivity contribution in [3.8, 4) is 0 Å². The Balaban J connectivity index is 1.26. The van der Waals surface area contributed by atoms with E-state index in [1.807, 2.05) is 0 Å². The summed E-state index contributed by atoms with van der Waals surface area (Å²) in [7, 11) is 0. The highest BCUT2D eigenvalue weighted by Crippen LogP contribution is 2.34. The van der Waals surface area contributed by atoms with Gasteiger partial charge in [0.15, 0.2) is 0 Å². The van der Waals surface area contributed by atoms with Gasteiger partial charge < -0.3 is 10.6 Å². The Morgan fingerprint density at radius 2 is 1.66 bits per heavy atom. The van der Waals surface area contributed by atoms with E-state index in [1.54, 1.807) is 109 Å². The van der Waals surface area contributed by atoms with Crippen LogP contribution in [-0.4, -0.2) is 33.9 Å².